The highest BCUT2D eigenvalue weighted by atomic mass is 29.3. The fraction of sp³-hybridized carbons (Fsp3) is 0.167. The molecule has 0 heterocycles. The van der Waals surface area contributed by atoms with Gasteiger partial charge in [-0.2, -0.15) is 0 Å². The maximum atomic E-state index is 2.56. The Labute approximate surface area is 158 Å². The average molecular weight is 371 g/mol. The van der Waals surface area contributed by atoms with Gasteiger partial charge in [0.05, 0.1) is 15.2 Å². The molecule has 0 amide bonds. The molecule has 0 fully saturated rings. The van der Waals surface area contributed by atoms with Gasteiger partial charge >= 0.3 is 0 Å². The molecule has 0 saturated heterocycles. The lowest BCUT2D eigenvalue weighted by Crippen LogP contribution is -2.69. The molecule has 4 aromatic carbocycles. The SMILES string of the molecule is C[Si](C)(c1ccccc1)[Si](C)(C)c1ccc2cc3ccccc3cc2c1. The predicted molar refractivity (Wildman–Crippen MR) is 122 cm³/mol. The summed E-state index contributed by atoms with van der Waals surface area (Å²) in [5, 5.41) is 8.53. The second kappa shape index (κ2) is 6.22. The first-order valence-electron chi connectivity index (χ1n) is 9.38. The van der Waals surface area contributed by atoms with Crippen LogP contribution in [0.4, 0.5) is 0 Å². The zero-order chi connectivity index (χ0) is 18.4. The number of hydrogen-bond donors (Lipinski definition) is 0. The van der Waals surface area contributed by atoms with Gasteiger partial charge in [0.1, 0.15) is 0 Å². The Morgan fingerprint density at radius 2 is 0.923 bits per heavy atom. The first-order valence-corrected chi connectivity index (χ1v) is 16.4. The number of fused-ring (bicyclic) bond motifs is 2. The summed E-state index contributed by atoms with van der Waals surface area (Å²) in [5.41, 5.74) is 0. The van der Waals surface area contributed by atoms with Crippen LogP contribution >= 0.6 is 0 Å². The number of hydrogen-bond acceptors (Lipinski definition) is 0. The van der Waals surface area contributed by atoms with Crippen molar-refractivity contribution in [2.75, 3.05) is 0 Å². The summed E-state index contributed by atoms with van der Waals surface area (Å²) >= 11 is 0. The zero-order valence-electron chi connectivity index (χ0n) is 16.1. The van der Waals surface area contributed by atoms with Crippen LogP contribution in [0, 0.1) is 0 Å². The molecule has 0 aromatic heterocycles. The van der Waals surface area contributed by atoms with Gasteiger partial charge in [-0.1, -0.05) is 109 Å². The van der Waals surface area contributed by atoms with E-state index in [0.29, 0.717) is 0 Å². The molecule has 0 aliphatic rings. The van der Waals surface area contributed by atoms with Gasteiger partial charge in [-0.3, -0.25) is 0 Å². The van der Waals surface area contributed by atoms with E-state index in [1.54, 1.807) is 10.4 Å². The van der Waals surface area contributed by atoms with Gasteiger partial charge in [0.2, 0.25) is 0 Å². The maximum Gasteiger partial charge on any atom is 0.0791 e. The third-order valence-corrected chi connectivity index (χ3v) is 24.2. The van der Waals surface area contributed by atoms with Crippen LogP contribution in [0.3, 0.4) is 0 Å². The minimum absolute atomic E-state index is 1.32. The second-order valence-electron chi connectivity index (χ2n) is 8.38. The second-order valence-corrected chi connectivity index (χ2v) is 23.5. The van der Waals surface area contributed by atoms with Crippen molar-refractivity contribution in [3.05, 3.63) is 84.9 Å². The summed E-state index contributed by atoms with van der Waals surface area (Å²) in [6.45, 7) is 10.2. The molecule has 4 aromatic rings. The number of rotatable bonds is 3. The van der Waals surface area contributed by atoms with E-state index >= 15 is 0 Å². The quantitative estimate of drug-likeness (QED) is 0.325. The standard InChI is InChI=1S/C24H26Si2/c1-25(2,23-12-6-5-7-13-23)26(3,4)24-15-14-21-16-19-10-8-9-11-20(19)17-22(21)18-24/h5-18H,1-4H3. The van der Waals surface area contributed by atoms with E-state index < -0.39 is 15.2 Å². The lowest BCUT2D eigenvalue weighted by molar-refractivity contribution is 1.69. The molecule has 26 heavy (non-hydrogen) atoms. The first kappa shape index (κ1) is 17.3. The van der Waals surface area contributed by atoms with Gasteiger partial charge in [0.15, 0.2) is 0 Å². The summed E-state index contributed by atoms with van der Waals surface area (Å²) in [4.78, 5) is 0. The topological polar surface area (TPSA) is 0 Å². The minimum Gasteiger partial charge on any atom is -0.0671 e. The molecular formula is C24H26Si2. The highest BCUT2D eigenvalue weighted by Crippen LogP contribution is 2.25. The summed E-state index contributed by atoms with van der Waals surface area (Å²) < 4.78 is 0. The van der Waals surface area contributed by atoms with Crippen molar-refractivity contribution in [2.45, 2.75) is 26.2 Å². The Kier molecular flexibility index (Phi) is 4.13. The monoisotopic (exact) mass is 370 g/mol. The maximum absolute atomic E-state index is 2.56. The highest BCUT2D eigenvalue weighted by Gasteiger charge is 2.43. The van der Waals surface area contributed by atoms with E-state index in [1.807, 2.05) is 0 Å². The third kappa shape index (κ3) is 2.74. The molecule has 0 spiro atoms. The molecule has 2 heteroatoms. The summed E-state index contributed by atoms with van der Waals surface area (Å²) in [5.74, 6) is 0. The van der Waals surface area contributed by atoms with Crippen LogP contribution in [0.5, 0.6) is 0 Å². The molecule has 0 bridgehead atoms. The van der Waals surface area contributed by atoms with E-state index in [1.165, 1.54) is 21.5 Å². The largest absolute Gasteiger partial charge is 0.0791 e. The Morgan fingerprint density at radius 1 is 0.423 bits per heavy atom. The van der Waals surface area contributed by atoms with E-state index in [2.05, 4.69) is 111 Å². The molecule has 0 aliphatic carbocycles. The summed E-state index contributed by atoms with van der Waals surface area (Å²) in [6.07, 6.45) is 0. The smallest absolute Gasteiger partial charge is 0.0671 e. The van der Waals surface area contributed by atoms with Gasteiger partial charge in [-0.05, 0) is 33.7 Å². The molecule has 0 saturated carbocycles. The Bertz CT molecular complexity index is 1080. The lowest BCUT2D eigenvalue weighted by atomic mass is 10.0. The molecule has 0 N–H and O–H groups in total. The fourth-order valence-electron chi connectivity index (χ4n) is 3.91. The molecule has 0 nitrogen and oxygen atoms in total. The van der Waals surface area contributed by atoms with Crippen molar-refractivity contribution in [1.82, 2.24) is 0 Å². The van der Waals surface area contributed by atoms with E-state index in [0.717, 1.165) is 0 Å². The van der Waals surface area contributed by atoms with Crippen LogP contribution in [-0.4, -0.2) is 15.2 Å². The Morgan fingerprint density at radius 3 is 1.58 bits per heavy atom. The zero-order valence-corrected chi connectivity index (χ0v) is 18.1. The minimum atomic E-state index is -1.59. The highest BCUT2D eigenvalue weighted by molar-refractivity contribution is 7.50. The van der Waals surface area contributed by atoms with Gasteiger partial charge in [-0.25, -0.2) is 0 Å². The van der Waals surface area contributed by atoms with Crippen LogP contribution < -0.4 is 10.4 Å². The van der Waals surface area contributed by atoms with Crippen LogP contribution in [-0.2, 0) is 0 Å². The van der Waals surface area contributed by atoms with Crippen molar-refractivity contribution in [3.63, 3.8) is 0 Å². The van der Waals surface area contributed by atoms with E-state index in [-0.39, 0.29) is 0 Å². The molecule has 0 unspecified atom stereocenters. The molecule has 130 valence electrons. The van der Waals surface area contributed by atoms with Gasteiger partial charge in [0.25, 0.3) is 0 Å². The summed E-state index contributed by atoms with van der Waals surface area (Å²) in [7, 11) is -3.14. The molecule has 0 atom stereocenters. The van der Waals surface area contributed by atoms with E-state index in [9.17, 15) is 0 Å². The van der Waals surface area contributed by atoms with Crippen LogP contribution in [0.25, 0.3) is 21.5 Å². The Hall–Kier alpha value is -2.17. The normalized spacial score (nSPS) is 12.6. The van der Waals surface area contributed by atoms with Gasteiger partial charge in [-0.15, -0.1) is 0 Å². The van der Waals surface area contributed by atoms with Crippen LogP contribution in [0.15, 0.2) is 84.9 Å². The molecule has 4 rings (SSSR count). The fourth-order valence-corrected chi connectivity index (χ4v) is 12.7. The van der Waals surface area contributed by atoms with Crippen molar-refractivity contribution < 1.29 is 0 Å². The number of benzene rings is 4. The van der Waals surface area contributed by atoms with Gasteiger partial charge in [0, 0.05) is 0 Å². The molecule has 0 radical (unpaired) electrons. The molecular weight excluding hydrogens is 344 g/mol. The van der Waals surface area contributed by atoms with Crippen LogP contribution in [0.1, 0.15) is 0 Å². The average Bonchev–Trinajstić information content (AvgIpc) is 2.66. The van der Waals surface area contributed by atoms with Gasteiger partial charge < -0.3 is 0 Å². The first-order chi connectivity index (χ1) is 12.4. The Balaban J connectivity index is 1.85. The lowest BCUT2D eigenvalue weighted by Gasteiger charge is -2.39. The predicted octanol–water partition coefficient (Wildman–Crippen LogP) is 5.60. The van der Waals surface area contributed by atoms with Crippen LogP contribution in [0.2, 0.25) is 26.2 Å². The van der Waals surface area contributed by atoms with Crippen molar-refractivity contribution in [1.29, 1.82) is 0 Å². The molecule has 0 aliphatic heterocycles. The van der Waals surface area contributed by atoms with Crippen molar-refractivity contribution >= 4 is 47.1 Å². The van der Waals surface area contributed by atoms with Crippen molar-refractivity contribution in [3.8, 4) is 0 Å². The van der Waals surface area contributed by atoms with E-state index in [4.69, 9.17) is 0 Å². The third-order valence-electron chi connectivity index (χ3n) is 6.48. The summed E-state index contributed by atoms with van der Waals surface area (Å²) in [6, 6.07) is 31.8. The van der Waals surface area contributed by atoms with Crippen molar-refractivity contribution in [2.24, 2.45) is 0 Å².